The van der Waals surface area contributed by atoms with E-state index in [2.05, 4.69) is 4.98 Å². The molecule has 25 heavy (non-hydrogen) atoms. The molecule has 0 aromatic carbocycles. The Kier molecular flexibility index (Phi) is 5.19. The summed E-state index contributed by atoms with van der Waals surface area (Å²) in [6.07, 6.45) is 6.14. The number of nitrogens with zero attached hydrogens (tertiary/aromatic N) is 3. The van der Waals surface area contributed by atoms with Gasteiger partial charge in [0.1, 0.15) is 11.4 Å². The number of furan rings is 1. The first-order valence-electron chi connectivity index (χ1n) is 8.48. The molecule has 0 radical (unpaired) electrons. The first kappa shape index (κ1) is 17.2. The van der Waals surface area contributed by atoms with Crippen LogP contribution in [0, 0.1) is 6.92 Å². The highest BCUT2D eigenvalue weighted by molar-refractivity contribution is 5.79. The highest BCUT2D eigenvalue weighted by Crippen LogP contribution is 2.16. The summed E-state index contributed by atoms with van der Waals surface area (Å²) in [6.45, 7) is 4.23. The van der Waals surface area contributed by atoms with Crippen molar-refractivity contribution in [1.82, 2.24) is 14.3 Å². The molecule has 0 spiro atoms. The topological polar surface area (TPSA) is 71.0 Å². The number of hydrogen-bond acceptors (Lipinski definition) is 4. The van der Waals surface area contributed by atoms with Gasteiger partial charge in [0.15, 0.2) is 0 Å². The van der Waals surface area contributed by atoms with Crippen LogP contribution in [0.25, 0.3) is 5.65 Å². The first-order valence-corrected chi connectivity index (χ1v) is 8.48. The maximum atomic E-state index is 13.0. The van der Waals surface area contributed by atoms with Gasteiger partial charge in [-0.2, -0.15) is 0 Å². The van der Waals surface area contributed by atoms with Gasteiger partial charge in [0.25, 0.3) is 0 Å². The maximum Gasteiger partial charge on any atom is 0.229 e. The average Bonchev–Trinajstić information content (AvgIpc) is 3.26. The molecule has 0 saturated heterocycles. The SMILES string of the molecule is CC[C@@H](CO)N(Cc1ccco1)C(=O)Cc1cnc2c(C)cccn12. The molecule has 132 valence electrons. The van der Waals surface area contributed by atoms with Crippen LogP contribution in [0.4, 0.5) is 0 Å². The van der Waals surface area contributed by atoms with E-state index < -0.39 is 0 Å². The molecular formula is C19H23N3O3. The van der Waals surface area contributed by atoms with E-state index in [1.54, 1.807) is 23.4 Å². The lowest BCUT2D eigenvalue weighted by Gasteiger charge is -2.29. The van der Waals surface area contributed by atoms with Gasteiger partial charge in [-0.25, -0.2) is 4.98 Å². The molecular weight excluding hydrogens is 318 g/mol. The van der Waals surface area contributed by atoms with E-state index in [-0.39, 0.29) is 25.0 Å². The quantitative estimate of drug-likeness (QED) is 0.717. The van der Waals surface area contributed by atoms with Crippen LogP contribution in [-0.2, 0) is 17.8 Å². The third-order valence-electron chi connectivity index (χ3n) is 4.49. The molecule has 3 aromatic rings. The van der Waals surface area contributed by atoms with Crippen LogP contribution < -0.4 is 0 Å². The minimum absolute atomic E-state index is 0.0550. The molecule has 0 aliphatic rings. The number of pyridine rings is 1. The largest absolute Gasteiger partial charge is 0.467 e. The fraction of sp³-hybridized carbons (Fsp3) is 0.368. The number of aliphatic hydroxyl groups is 1. The second-order valence-corrected chi connectivity index (χ2v) is 6.16. The van der Waals surface area contributed by atoms with Crippen molar-refractivity contribution in [3.05, 3.63) is 59.9 Å². The molecule has 0 unspecified atom stereocenters. The van der Waals surface area contributed by atoms with Crippen LogP contribution in [-0.4, -0.2) is 37.9 Å². The van der Waals surface area contributed by atoms with Crippen molar-refractivity contribution in [2.75, 3.05) is 6.61 Å². The van der Waals surface area contributed by atoms with Gasteiger partial charge < -0.3 is 18.8 Å². The molecule has 3 rings (SSSR count). The monoisotopic (exact) mass is 341 g/mol. The molecule has 3 heterocycles. The van der Waals surface area contributed by atoms with Crippen LogP contribution >= 0.6 is 0 Å². The van der Waals surface area contributed by atoms with Gasteiger partial charge >= 0.3 is 0 Å². The first-order chi connectivity index (χ1) is 12.1. The smallest absolute Gasteiger partial charge is 0.229 e. The second-order valence-electron chi connectivity index (χ2n) is 6.16. The Labute approximate surface area is 146 Å². The summed E-state index contributed by atoms with van der Waals surface area (Å²) in [4.78, 5) is 19.1. The van der Waals surface area contributed by atoms with Crippen molar-refractivity contribution in [1.29, 1.82) is 0 Å². The van der Waals surface area contributed by atoms with E-state index in [9.17, 15) is 9.90 Å². The Balaban J connectivity index is 1.84. The van der Waals surface area contributed by atoms with E-state index in [0.29, 0.717) is 18.7 Å². The van der Waals surface area contributed by atoms with Crippen LogP contribution in [0.3, 0.4) is 0 Å². The molecule has 0 saturated carbocycles. The number of imidazole rings is 1. The number of amides is 1. The lowest BCUT2D eigenvalue weighted by Crippen LogP contribution is -2.42. The molecule has 6 nitrogen and oxygen atoms in total. The lowest BCUT2D eigenvalue weighted by atomic mass is 10.1. The number of carbonyl (C=O) groups is 1. The van der Waals surface area contributed by atoms with E-state index in [1.807, 2.05) is 42.6 Å². The Morgan fingerprint density at radius 3 is 2.92 bits per heavy atom. The molecule has 1 amide bonds. The summed E-state index contributed by atoms with van der Waals surface area (Å²) in [5.41, 5.74) is 2.76. The van der Waals surface area contributed by atoms with E-state index in [1.165, 1.54) is 0 Å². The Hall–Kier alpha value is -2.60. The van der Waals surface area contributed by atoms with Crippen molar-refractivity contribution < 1.29 is 14.3 Å². The number of aliphatic hydroxyl groups excluding tert-OH is 1. The van der Waals surface area contributed by atoms with Crippen molar-refractivity contribution in [2.24, 2.45) is 0 Å². The van der Waals surface area contributed by atoms with E-state index in [4.69, 9.17) is 4.42 Å². The fourth-order valence-corrected chi connectivity index (χ4v) is 3.03. The van der Waals surface area contributed by atoms with E-state index >= 15 is 0 Å². The average molecular weight is 341 g/mol. The Morgan fingerprint density at radius 2 is 2.24 bits per heavy atom. The molecule has 6 heteroatoms. The highest BCUT2D eigenvalue weighted by atomic mass is 16.3. The Bertz CT molecular complexity index is 835. The predicted octanol–water partition coefficient (Wildman–Crippen LogP) is 2.58. The van der Waals surface area contributed by atoms with Gasteiger partial charge in [0, 0.05) is 12.4 Å². The number of hydrogen-bond donors (Lipinski definition) is 1. The lowest BCUT2D eigenvalue weighted by molar-refractivity contribution is -0.135. The molecule has 0 aliphatic heterocycles. The summed E-state index contributed by atoms with van der Waals surface area (Å²) in [5, 5.41) is 9.67. The summed E-state index contributed by atoms with van der Waals surface area (Å²) in [7, 11) is 0. The number of carbonyl (C=O) groups excluding carboxylic acids is 1. The summed E-state index contributed by atoms with van der Waals surface area (Å²) < 4.78 is 7.32. The number of fused-ring (bicyclic) bond motifs is 1. The predicted molar refractivity (Wildman–Crippen MR) is 94.1 cm³/mol. The number of rotatable bonds is 7. The second kappa shape index (κ2) is 7.53. The van der Waals surface area contributed by atoms with Gasteiger partial charge in [-0.3, -0.25) is 4.79 Å². The van der Waals surface area contributed by atoms with Gasteiger partial charge in [-0.05, 0) is 37.1 Å². The van der Waals surface area contributed by atoms with Gasteiger partial charge in [0.05, 0.1) is 37.6 Å². The third-order valence-corrected chi connectivity index (χ3v) is 4.49. The fourth-order valence-electron chi connectivity index (χ4n) is 3.03. The van der Waals surface area contributed by atoms with Gasteiger partial charge in [0.2, 0.25) is 5.91 Å². The zero-order valence-electron chi connectivity index (χ0n) is 14.6. The molecule has 1 atom stereocenters. The summed E-state index contributed by atoms with van der Waals surface area (Å²) in [6, 6.07) is 7.34. The summed E-state index contributed by atoms with van der Waals surface area (Å²) in [5.74, 6) is 0.648. The van der Waals surface area contributed by atoms with Crippen molar-refractivity contribution >= 4 is 11.6 Å². The third kappa shape index (κ3) is 3.58. The molecule has 0 fully saturated rings. The minimum Gasteiger partial charge on any atom is -0.467 e. The number of aromatic nitrogens is 2. The molecule has 1 N–H and O–H groups in total. The highest BCUT2D eigenvalue weighted by Gasteiger charge is 2.24. The van der Waals surface area contributed by atoms with Crippen LogP contribution in [0.5, 0.6) is 0 Å². The zero-order chi connectivity index (χ0) is 17.8. The van der Waals surface area contributed by atoms with Crippen LogP contribution in [0.2, 0.25) is 0 Å². The van der Waals surface area contributed by atoms with Crippen molar-refractivity contribution in [3.63, 3.8) is 0 Å². The normalized spacial score (nSPS) is 12.4. The summed E-state index contributed by atoms with van der Waals surface area (Å²) >= 11 is 0. The molecule has 0 aliphatic carbocycles. The molecule has 0 bridgehead atoms. The van der Waals surface area contributed by atoms with Gasteiger partial charge in [-0.1, -0.05) is 13.0 Å². The van der Waals surface area contributed by atoms with Crippen LogP contribution in [0.15, 0.2) is 47.3 Å². The van der Waals surface area contributed by atoms with Crippen molar-refractivity contribution in [3.8, 4) is 0 Å². The Morgan fingerprint density at radius 1 is 1.40 bits per heavy atom. The molecule has 3 aromatic heterocycles. The standard InChI is InChI=1S/C19H23N3O3/c1-3-15(13-23)22(12-17-7-5-9-25-17)18(24)10-16-11-20-19-14(2)6-4-8-21(16)19/h4-9,11,15,23H,3,10,12-13H2,1-2H3/t15-/m0/s1. The maximum absolute atomic E-state index is 13.0. The minimum atomic E-state index is -0.237. The van der Waals surface area contributed by atoms with Crippen molar-refractivity contribution in [2.45, 2.75) is 39.3 Å². The van der Waals surface area contributed by atoms with E-state index in [0.717, 1.165) is 16.9 Å². The van der Waals surface area contributed by atoms with Crippen LogP contribution in [0.1, 0.15) is 30.4 Å². The number of aryl methyl sites for hydroxylation is 1. The van der Waals surface area contributed by atoms with Gasteiger partial charge in [-0.15, -0.1) is 0 Å². The zero-order valence-corrected chi connectivity index (χ0v) is 14.6.